The van der Waals surface area contributed by atoms with E-state index in [1.54, 1.807) is 6.34 Å². The van der Waals surface area contributed by atoms with E-state index in [0.29, 0.717) is 22.2 Å². The third-order valence-corrected chi connectivity index (χ3v) is 5.68. The van der Waals surface area contributed by atoms with Crippen molar-refractivity contribution in [3.05, 3.63) is 61.5 Å². The molecule has 0 radical (unpaired) electrons. The van der Waals surface area contributed by atoms with Crippen LogP contribution in [0.15, 0.2) is 45.0 Å². The topological polar surface area (TPSA) is 37.2 Å². The van der Waals surface area contributed by atoms with E-state index < -0.39 is 0 Å². The van der Waals surface area contributed by atoms with Gasteiger partial charge in [-0.15, -0.1) is 0 Å². The monoisotopic (exact) mass is 453 g/mol. The largest absolute Gasteiger partial charge is 0.387 e. The highest BCUT2D eigenvalue weighted by atomic mass is 79.9. The van der Waals surface area contributed by atoms with E-state index in [1.807, 2.05) is 56.3 Å². The Morgan fingerprint density at radius 2 is 2.00 bits per heavy atom. The van der Waals surface area contributed by atoms with Crippen LogP contribution in [0.2, 0.25) is 10.0 Å². The first-order chi connectivity index (χ1) is 12.4. The quantitative estimate of drug-likeness (QED) is 0.410. The molecule has 3 rings (SSSR count). The van der Waals surface area contributed by atoms with Gasteiger partial charge in [-0.05, 0) is 40.5 Å². The van der Waals surface area contributed by atoms with Gasteiger partial charge < -0.3 is 9.74 Å². The van der Waals surface area contributed by atoms with E-state index in [2.05, 4.69) is 26.1 Å². The van der Waals surface area contributed by atoms with Crippen LogP contribution in [0.5, 0.6) is 0 Å². The van der Waals surface area contributed by atoms with Gasteiger partial charge in [0.15, 0.2) is 6.10 Å². The van der Waals surface area contributed by atoms with Crippen molar-refractivity contribution in [2.75, 3.05) is 14.1 Å². The summed E-state index contributed by atoms with van der Waals surface area (Å²) in [6, 6.07) is 9.53. The molecule has 1 heterocycles. The average molecular weight is 455 g/mol. The van der Waals surface area contributed by atoms with E-state index in [9.17, 15) is 0 Å². The lowest BCUT2D eigenvalue weighted by Gasteiger charge is -2.16. The van der Waals surface area contributed by atoms with E-state index in [0.717, 1.165) is 26.9 Å². The lowest BCUT2D eigenvalue weighted by molar-refractivity contribution is 0.0852. The minimum Gasteiger partial charge on any atom is -0.387 e. The van der Waals surface area contributed by atoms with Crippen LogP contribution >= 0.6 is 39.1 Å². The summed E-state index contributed by atoms with van der Waals surface area (Å²) in [6.45, 7) is 2.02. The third kappa shape index (κ3) is 3.90. The lowest BCUT2D eigenvalue weighted by Crippen LogP contribution is -2.07. The van der Waals surface area contributed by atoms with Gasteiger partial charge in [-0.1, -0.05) is 46.6 Å². The third-order valence-electron chi connectivity index (χ3n) is 4.10. The summed E-state index contributed by atoms with van der Waals surface area (Å²) >= 11 is 16.4. The smallest absolute Gasteiger partial charge is 0.158 e. The Bertz CT molecular complexity index is 897. The molecule has 0 bridgehead atoms. The molecule has 0 aromatic heterocycles. The average Bonchev–Trinajstić information content (AvgIpc) is 3.07. The lowest BCUT2D eigenvalue weighted by atomic mass is 9.96. The Kier molecular flexibility index (Phi) is 5.90. The minimum atomic E-state index is -0.207. The molecule has 2 aromatic rings. The summed E-state index contributed by atoms with van der Waals surface area (Å²) < 4.78 is 0.855. The molecule has 0 aliphatic carbocycles. The summed E-state index contributed by atoms with van der Waals surface area (Å²) in [6.07, 6.45) is 2.14. The molecule has 1 atom stereocenters. The van der Waals surface area contributed by atoms with Crippen molar-refractivity contribution in [3.8, 4) is 0 Å². The Morgan fingerprint density at radius 3 is 2.69 bits per heavy atom. The van der Waals surface area contributed by atoms with Gasteiger partial charge in [0, 0.05) is 41.1 Å². The molecule has 136 valence electrons. The second kappa shape index (κ2) is 7.99. The molecule has 4 nitrogen and oxygen atoms in total. The summed E-state index contributed by atoms with van der Waals surface area (Å²) in [5.74, 6) is 0. The van der Waals surface area contributed by atoms with Crippen molar-refractivity contribution in [1.29, 1.82) is 0 Å². The van der Waals surface area contributed by atoms with Gasteiger partial charge in [-0.3, -0.25) is 0 Å². The Hall–Kier alpha value is -1.56. The molecule has 7 heteroatoms. The van der Waals surface area contributed by atoms with Gasteiger partial charge in [-0.25, -0.2) is 4.99 Å². The minimum absolute atomic E-state index is 0.207. The van der Waals surface area contributed by atoms with Gasteiger partial charge in [0.2, 0.25) is 0 Å². The molecular weight excluding hydrogens is 437 g/mol. The van der Waals surface area contributed by atoms with Crippen LogP contribution < -0.4 is 0 Å². The number of oxime groups is 1. The highest BCUT2D eigenvalue weighted by molar-refractivity contribution is 9.10. The van der Waals surface area contributed by atoms with Gasteiger partial charge in [0.25, 0.3) is 0 Å². The van der Waals surface area contributed by atoms with Crippen molar-refractivity contribution in [1.82, 2.24) is 4.90 Å². The summed E-state index contributed by atoms with van der Waals surface area (Å²) in [5, 5.41) is 5.47. The zero-order valence-corrected chi connectivity index (χ0v) is 17.7. The molecular formula is C19H18BrCl2N3O. The number of rotatable bonds is 4. The van der Waals surface area contributed by atoms with Crippen molar-refractivity contribution in [2.24, 2.45) is 10.1 Å². The maximum absolute atomic E-state index is 6.47. The molecule has 0 amide bonds. The fourth-order valence-electron chi connectivity index (χ4n) is 2.75. The molecule has 1 aliphatic heterocycles. The fourth-order valence-corrected chi connectivity index (χ4v) is 3.91. The van der Waals surface area contributed by atoms with Crippen molar-refractivity contribution >= 4 is 56.9 Å². The first-order valence-corrected chi connectivity index (χ1v) is 9.60. The van der Waals surface area contributed by atoms with Crippen LogP contribution in [0, 0.1) is 6.92 Å². The maximum atomic E-state index is 6.47. The van der Waals surface area contributed by atoms with Crippen molar-refractivity contribution in [3.63, 3.8) is 0 Å². The molecule has 0 spiro atoms. The second-order valence-corrected chi connectivity index (χ2v) is 7.87. The molecule has 0 fully saturated rings. The number of benzene rings is 2. The number of hydrogen-bond acceptors (Lipinski definition) is 3. The summed E-state index contributed by atoms with van der Waals surface area (Å²) in [4.78, 5) is 12.0. The first-order valence-electron chi connectivity index (χ1n) is 8.05. The van der Waals surface area contributed by atoms with Crippen LogP contribution in [0.3, 0.4) is 0 Å². The number of hydrogen-bond donors (Lipinski definition) is 0. The van der Waals surface area contributed by atoms with Crippen LogP contribution in [0.25, 0.3) is 0 Å². The predicted molar refractivity (Wildman–Crippen MR) is 112 cm³/mol. The zero-order chi connectivity index (χ0) is 18.8. The number of nitrogens with zero attached hydrogens (tertiary/aromatic N) is 3. The van der Waals surface area contributed by atoms with Crippen molar-refractivity contribution < 1.29 is 4.84 Å². The van der Waals surface area contributed by atoms with Crippen molar-refractivity contribution in [2.45, 2.75) is 19.4 Å². The normalized spacial score (nSPS) is 16.7. The van der Waals surface area contributed by atoms with E-state index >= 15 is 0 Å². The first kappa shape index (κ1) is 19.2. The SMILES string of the molecule is Cc1c(C2CC(c3ccccc3Cl)=NO2)cc(Cl)c(/N=C\N(C)C)c1Br. The highest BCUT2D eigenvalue weighted by Gasteiger charge is 2.28. The molecule has 1 aliphatic rings. The molecule has 0 saturated carbocycles. The molecule has 1 unspecified atom stereocenters. The molecule has 0 N–H and O–H groups in total. The van der Waals surface area contributed by atoms with Gasteiger partial charge in [0.05, 0.1) is 22.8 Å². The molecule has 26 heavy (non-hydrogen) atoms. The van der Waals surface area contributed by atoms with Gasteiger partial charge >= 0.3 is 0 Å². The predicted octanol–water partition coefficient (Wildman–Crippen LogP) is 6.15. The number of halogens is 3. The Balaban J connectivity index is 1.89. The van der Waals surface area contributed by atoms with E-state index in [1.165, 1.54) is 0 Å². The molecule has 2 aromatic carbocycles. The maximum Gasteiger partial charge on any atom is 0.158 e. The Morgan fingerprint density at radius 1 is 1.27 bits per heavy atom. The fraction of sp³-hybridized carbons (Fsp3) is 0.263. The van der Waals surface area contributed by atoms with Crippen LogP contribution in [0.1, 0.15) is 29.2 Å². The Labute approximate surface area is 171 Å². The van der Waals surface area contributed by atoms with E-state index in [-0.39, 0.29) is 6.10 Å². The number of aliphatic imine (C=N–C) groups is 1. The van der Waals surface area contributed by atoms with Crippen LogP contribution in [-0.4, -0.2) is 31.0 Å². The summed E-state index contributed by atoms with van der Waals surface area (Å²) in [5.41, 5.74) is 4.44. The van der Waals surface area contributed by atoms with E-state index in [4.69, 9.17) is 28.0 Å². The zero-order valence-electron chi connectivity index (χ0n) is 14.6. The standard InChI is InChI=1S/C19H18BrCl2N3O/c1-11-13(8-15(22)19(18(11)20)23-10-25(2)3)17-9-16(24-26-17)12-6-4-5-7-14(12)21/h4-8,10,17H,9H2,1-3H3/b23-10-. The van der Waals surface area contributed by atoms with Gasteiger partial charge in [-0.2, -0.15) is 0 Å². The molecule has 0 saturated heterocycles. The highest BCUT2D eigenvalue weighted by Crippen LogP contribution is 2.42. The van der Waals surface area contributed by atoms with Gasteiger partial charge in [0.1, 0.15) is 0 Å². The van der Waals surface area contributed by atoms with Crippen LogP contribution in [0.4, 0.5) is 5.69 Å². The summed E-state index contributed by atoms with van der Waals surface area (Å²) in [7, 11) is 3.82. The second-order valence-electron chi connectivity index (χ2n) is 6.26. The van der Waals surface area contributed by atoms with Crippen LogP contribution in [-0.2, 0) is 4.84 Å².